The first-order valence-corrected chi connectivity index (χ1v) is 14.5. The van der Waals surface area contributed by atoms with Crippen molar-refractivity contribution in [2.24, 2.45) is 0 Å². The first-order chi connectivity index (χ1) is 18.4. The molecule has 1 atom stereocenters. The summed E-state index contributed by atoms with van der Waals surface area (Å²) in [6, 6.07) is 14.2. The highest BCUT2D eigenvalue weighted by molar-refractivity contribution is 7.98. The van der Waals surface area contributed by atoms with Crippen molar-refractivity contribution in [1.82, 2.24) is 10.2 Å². The molecule has 200 valence electrons. The normalized spacial score (nSPS) is 18.4. The number of fused-ring (bicyclic) bond motifs is 1. The summed E-state index contributed by atoms with van der Waals surface area (Å²) in [6.45, 7) is 3.96. The van der Waals surface area contributed by atoms with Crippen LogP contribution in [0.5, 0.6) is 0 Å². The zero-order valence-corrected chi connectivity index (χ0v) is 23.0. The van der Waals surface area contributed by atoms with Gasteiger partial charge in [-0.2, -0.15) is 0 Å². The second kappa shape index (κ2) is 12.9. The molecule has 0 radical (unpaired) electrons. The van der Waals surface area contributed by atoms with Gasteiger partial charge >= 0.3 is 0 Å². The number of hydrogen-bond acceptors (Lipinski definition) is 6. The number of ketones is 1. The second-order valence-corrected chi connectivity index (χ2v) is 10.6. The SMILES string of the molecule is CCN1Cc2cc(CNC(=O)C(=N)CC(=O)/C=C3/CCC[C@@H]3c3ccccc3SC)ccc2NCCC1=O. The van der Waals surface area contributed by atoms with Gasteiger partial charge in [0.2, 0.25) is 5.91 Å². The summed E-state index contributed by atoms with van der Waals surface area (Å²) >= 11 is 1.71. The van der Waals surface area contributed by atoms with Gasteiger partial charge in [-0.05, 0) is 67.3 Å². The largest absolute Gasteiger partial charge is 0.384 e. The predicted octanol–water partition coefficient (Wildman–Crippen LogP) is 5.06. The van der Waals surface area contributed by atoms with Gasteiger partial charge in [0, 0.05) is 49.1 Å². The van der Waals surface area contributed by atoms with Crippen LogP contribution in [0.4, 0.5) is 5.69 Å². The molecule has 1 saturated carbocycles. The first-order valence-electron chi connectivity index (χ1n) is 13.2. The first kappa shape index (κ1) is 27.6. The lowest BCUT2D eigenvalue weighted by Gasteiger charge is -2.26. The van der Waals surface area contributed by atoms with E-state index in [0.717, 1.165) is 41.6 Å². The van der Waals surface area contributed by atoms with Crippen molar-refractivity contribution in [3.63, 3.8) is 0 Å². The molecule has 4 rings (SSSR count). The third-order valence-corrected chi connectivity index (χ3v) is 8.08. The fourth-order valence-corrected chi connectivity index (χ4v) is 5.92. The fraction of sp³-hybridized carbons (Fsp3) is 0.400. The van der Waals surface area contributed by atoms with Gasteiger partial charge in [0.1, 0.15) is 5.71 Å². The summed E-state index contributed by atoms with van der Waals surface area (Å²) in [7, 11) is 0. The Hall–Kier alpha value is -3.39. The number of rotatable bonds is 9. The van der Waals surface area contributed by atoms with Crippen LogP contribution in [0.25, 0.3) is 0 Å². The molecule has 2 aromatic carbocycles. The molecular formula is C30H36N4O3S. The van der Waals surface area contributed by atoms with E-state index in [1.54, 1.807) is 17.8 Å². The molecular weight excluding hydrogens is 496 g/mol. The molecule has 1 fully saturated rings. The molecule has 2 aliphatic rings. The molecule has 0 bridgehead atoms. The van der Waals surface area contributed by atoms with Gasteiger partial charge in [0.05, 0.1) is 6.42 Å². The van der Waals surface area contributed by atoms with Crippen molar-refractivity contribution < 1.29 is 14.4 Å². The number of thioether (sulfide) groups is 1. The molecule has 1 aliphatic heterocycles. The van der Waals surface area contributed by atoms with Crippen LogP contribution in [0, 0.1) is 5.41 Å². The maximum Gasteiger partial charge on any atom is 0.265 e. The number of benzene rings is 2. The van der Waals surface area contributed by atoms with Crippen molar-refractivity contribution in [2.75, 3.05) is 24.7 Å². The Kier molecular flexibility index (Phi) is 9.39. The van der Waals surface area contributed by atoms with Crippen LogP contribution in [-0.2, 0) is 27.5 Å². The Labute approximate surface area is 229 Å². The van der Waals surface area contributed by atoms with Gasteiger partial charge in [-0.3, -0.25) is 19.8 Å². The van der Waals surface area contributed by atoms with E-state index in [-0.39, 0.29) is 36.3 Å². The van der Waals surface area contributed by atoms with Gasteiger partial charge in [-0.1, -0.05) is 35.9 Å². The van der Waals surface area contributed by atoms with E-state index >= 15 is 0 Å². The Morgan fingerprint density at radius 2 is 2.03 bits per heavy atom. The van der Waals surface area contributed by atoms with Gasteiger partial charge < -0.3 is 15.5 Å². The van der Waals surface area contributed by atoms with E-state index in [9.17, 15) is 14.4 Å². The minimum Gasteiger partial charge on any atom is -0.384 e. The van der Waals surface area contributed by atoms with Crippen LogP contribution in [0.2, 0.25) is 0 Å². The van der Waals surface area contributed by atoms with Gasteiger partial charge in [0.25, 0.3) is 5.91 Å². The predicted molar refractivity (Wildman–Crippen MR) is 153 cm³/mol. The van der Waals surface area contributed by atoms with E-state index in [2.05, 4.69) is 29.0 Å². The number of nitrogens with zero attached hydrogens (tertiary/aromatic N) is 1. The smallest absolute Gasteiger partial charge is 0.265 e. The van der Waals surface area contributed by atoms with Crippen LogP contribution in [0.3, 0.4) is 0 Å². The molecule has 0 spiro atoms. The molecule has 7 nitrogen and oxygen atoms in total. The minimum atomic E-state index is -0.539. The molecule has 0 aromatic heterocycles. The average Bonchev–Trinajstić information content (AvgIpc) is 3.37. The Morgan fingerprint density at radius 3 is 2.82 bits per heavy atom. The molecule has 3 N–H and O–H groups in total. The highest BCUT2D eigenvalue weighted by atomic mass is 32.2. The van der Waals surface area contributed by atoms with E-state index in [1.807, 2.05) is 42.2 Å². The van der Waals surface area contributed by atoms with E-state index in [4.69, 9.17) is 5.41 Å². The van der Waals surface area contributed by atoms with Crippen LogP contribution in [0.1, 0.15) is 61.6 Å². The van der Waals surface area contributed by atoms with E-state index in [0.29, 0.717) is 26.1 Å². The summed E-state index contributed by atoms with van der Waals surface area (Å²) in [6.07, 6.45) is 6.89. The standard InChI is InChI=1S/C30H36N4O3S/c1-3-34-19-22-15-20(11-12-27(22)32-14-13-29(34)36)18-33-30(37)26(31)17-23(35)16-21-7-6-9-24(21)25-8-4-5-10-28(25)38-2/h4-5,8,10-12,15-16,24,31-32H,3,6-7,9,13-14,17-19H2,1-2H3,(H,33,37)/b21-16-,31-26?/t24-/m0/s1. The maximum absolute atomic E-state index is 12.8. The van der Waals surface area contributed by atoms with Gasteiger partial charge in [0.15, 0.2) is 5.78 Å². The van der Waals surface area contributed by atoms with Crippen molar-refractivity contribution >= 4 is 40.8 Å². The topological polar surface area (TPSA) is 102 Å². The molecule has 2 aromatic rings. The monoisotopic (exact) mass is 532 g/mol. The van der Waals surface area contributed by atoms with Crippen LogP contribution in [-0.4, -0.2) is 47.6 Å². The molecule has 0 saturated heterocycles. The van der Waals surface area contributed by atoms with Crippen molar-refractivity contribution in [2.45, 2.75) is 62.9 Å². The number of carbonyl (C=O) groups excluding carboxylic acids is 3. The number of carbonyl (C=O) groups is 3. The van der Waals surface area contributed by atoms with Gasteiger partial charge in [-0.15, -0.1) is 11.8 Å². The number of hydrogen-bond donors (Lipinski definition) is 3. The molecule has 38 heavy (non-hydrogen) atoms. The zero-order chi connectivity index (χ0) is 27.1. The quantitative estimate of drug-likeness (QED) is 0.238. The lowest BCUT2D eigenvalue weighted by molar-refractivity contribution is -0.131. The molecule has 0 unspecified atom stereocenters. The lowest BCUT2D eigenvalue weighted by atomic mass is 9.92. The number of nitrogens with one attached hydrogen (secondary N) is 3. The highest BCUT2D eigenvalue weighted by Crippen LogP contribution is 2.42. The van der Waals surface area contributed by atoms with Gasteiger partial charge in [-0.25, -0.2) is 0 Å². The number of allylic oxidation sites excluding steroid dienone is 2. The lowest BCUT2D eigenvalue weighted by Crippen LogP contribution is -2.34. The fourth-order valence-electron chi connectivity index (χ4n) is 5.26. The number of anilines is 1. The second-order valence-electron chi connectivity index (χ2n) is 9.79. The summed E-state index contributed by atoms with van der Waals surface area (Å²) in [4.78, 5) is 40.7. The molecule has 2 amide bonds. The van der Waals surface area contributed by atoms with Crippen molar-refractivity contribution in [1.29, 1.82) is 5.41 Å². The van der Waals surface area contributed by atoms with Crippen molar-refractivity contribution in [3.05, 3.63) is 70.8 Å². The van der Waals surface area contributed by atoms with Crippen LogP contribution in [0.15, 0.2) is 59.0 Å². The van der Waals surface area contributed by atoms with E-state index in [1.165, 1.54) is 10.5 Å². The molecule has 1 heterocycles. The molecule has 1 aliphatic carbocycles. The highest BCUT2D eigenvalue weighted by Gasteiger charge is 2.26. The molecule has 8 heteroatoms. The van der Waals surface area contributed by atoms with Crippen LogP contribution < -0.4 is 10.6 Å². The average molecular weight is 533 g/mol. The zero-order valence-electron chi connectivity index (χ0n) is 22.1. The Bertz CT molecular complexity index is 1260. The Balaban J connectivity index is 1.34. The third kappa shape index (κ3) is 6.72. The van der Waals surface area contributed by atoms with Crippen molar-refractivity contribution in [3.8, 4) is 0 Å². The Morgan fingerprint density at radius 1 is 1.21 bits per heavy atom. The summed E-state index contributed by atoms with van der Waals surface area (Å²) in [5.41, 5.74) is 4.98. The van der Waals surface area contributed by atoms with E-state index < -0.39 is 5.91 Å². The summed E-state index contributed by atoms with van der Waals surface area (Å²) in [5.74, 6) is -0.404. The number of amides is 2. The maximum atomic E-state index is 12.8. The summed E-state index contributed by atoms with van der Waals surface area (Å²) < 4.78 is 0. The van der Waals surface area contributed by atoms with Crippen LogP contribution >= 0.6 is 11.8 Å². The third-order valence-electron chi connectivity index (χ3n) is 7.26. The minimum absolute atomic E-state index is 0.120. The summed E-state index contributed by atoms with van der Waals surface area (Å²) in [5, 5.41) is 14.3.